The molecular weight excluding hydrogens is 263 g/mol. The molecule has 1 aliphatic heterocycles. The van der Waals surface area contributed by atoms with Gasteiger partial charge in [0.05, 0.1) is 4.47 Å². The highest BCUT2D eigenvalue weighted by molar-refractivity contribution is 9.10. The minimum Gasteiger partial charge on any atom is -0.353 e. The largest absolute Gasteiger partial charge is 0.353 e. The van der Waals surface area contributed by atoms with Gasteiger partial charge < -0.3 is 10.6 Å². The van der Waals surface area contributed by atoms with Gasteiger partial charge >= 0.3 is 0 Å². The Balaban J connectivity index is 2.28. The molecule has 1 saturated heterocycles. The molecule has 80 valence electrons. The fraction of sp³-hybridized carbons (Fsp3) is 0.300. The maximum Gasteiger partial charge on any atom is 0.241 e. The second-order valence-corrected chi connectivity index (χ2v) is 4.21. The maximum absolute atomic E-state index is 13.0. The SMILES string of the molecule is O=C1NCCNC1c1ccc(F)c(Br)c1. The molecule has 1 aromatic rings. The zero-order chi connectivity index (χ0) is 10.8. The van der Waals surface area contributed by atoms with Gasteiger partial charge in [-0.3, -0.25) is 4.79 Å². The van der Waals surface area contributed by atoms with Gasteiger partial charge in [0, 0.05) is 13.1 Å². The number of carbonyl (C=O) groups excluding carboxylic acids is 1. The minimum atomic E-state index is -0.379. The highest BCUT2D eigenvalue weighted by Crippen LogP contribution is 2.22. The zero-order valence-electron chi connectivity index (χ0n) is 7.89. The summed E-state index contributed by atoms with van der Waals surface area (Å²) >= 11 is 3.10. The Morgan fingerprint density at radius 3 is 2.87 bits per heavy atom. The molecule has 0 aliphatic carbocycles. The van der Waals surface area contributed by atoms with Crippen LogP contribution in [0.4, 0.5) is 4.39 Å². The third-order valence-corrected chi connectivity index (χ3v) is 2.92. The molecule has 0 bridgehead atoms. The van der Waals surface area contributed by atoms with Crippen LogP contribution in [0, 0.1) is 5.82 Å². The van der Waals surface area contributed by atoms with Crippen LogP contribution in [0.5, 0.6) is 0 Å². The van der Waals surface area contributed by atoms with Crippen molar-refractivity contribution in [2.24, 2.45) is 0 Å². The summed E-state index contributed by atoms with van der Waals surface area (Å²) in [7, 11) is 0. The quantitative estimate of drug-likeness (QED) is 0.811. The Kier molecular flexibility index (Phi) is 3.02. The molecule has 0 saturated carbocycles. The number of rotatable bonds is 1. The van der Waals surface area contributed by atoms with Gasteiger partial charge in [-0.15, -0.1) is 0 Å². The van der Waals surface area contributed by atoms with Gasteiger partial charge in [-0.05, 0) is 33.6 Å². The Morgan fingerprint density at radius 1 is 1.40 bits per heavy atom. The van der Waals surface area contributed by atoms with Crippen molar-refractivity contribution in [2.75, 3.05) is 13.1 Å². The summed E-state index contributed by atoms with van der Waals surface area (Å²) < 4.78 is 13.4. The van der Waals surface area contributed by atoms with Crippen molar-refractivity contribution in [2.45, 2.75) is 6.04 Å². The third-order valence-electron chi connectivity index (χ3n) is 2.31. The van der Waals surface area contributed by atoms with Crippen LogP contribution in [-0.2, 0) is 4.79 Å². The lowest BCUT2D eigenvalue weighted by molar-refractivity contribution is -0.124. The molecule has 1 aliphatic rings. The first-order valence-corrected chi connectivity index (χ1v) is 5.44. The first-order chi connectivity index (χ1) is 7.18. The van der Waals surface area contributed by atoms with Gasteiger partial charge in [-0.1, -0.05) is 6.07 Å². The summed E-state index contributed by atoms with van der Waals surface area (Å²) in [4.78, 5) is 11.5. The van der Waals surface area contributed by atoms with E-state index in [0.717, 1.165) is 12.1 Å². The van der Waals surface area contributed by atoms with E-state index in [-0.39, 0.29) is 17.8 Å². The van der Waals surface area contributed by atoms with Gasteiger partial charge in [0.1, 0.15) is 11.9 Å². The van der Waals surface area contributed by atoms with E-state index in [2.05, 4.69) is 26.6 Å². The minimum absolute atomic E-state index is 0.0697. The molecule has 1 unspecified atom stereocenters. The summed E-state index contributed by atoms with van der Waals surface area (Å²) in [6.07, 6.45) is 0. The predicted molar refractivity (Wildman–Crippen MR) is 57.9 cm³/mol. The van der Waals surface area contributed by atoms with Crippen molar-refractivity contribution < 1.29 is 9.18 Å². The molecular formula is C10H10BrFN2O. The molecule has 0 radical (unpaired) electrons. The summed E-state index contributed by atoms with van der Waals surface area (Å²) in [5.41, 5.74) is 0.764. The number of carbonyl (C=O) groups is 1. The Bertz CT molecular complexity index is 397. The van der Waals surface area contributed by atoms with Gasteiger partial charge in [0.25, 0.3) is 0 Å². The van der Waals surface area contributed by atoms with Gasteiger partial charge in [-0.2, -0.15) is 0 Å². The average molecular weight is 273 g/mol. The van der Waals surface area contributed by atoms with E-state index in [1.807, 2.05) is 0 Å². The Labute approximate surface area is 95.2 Å². The molecule has 2 rings (SSSR count). The predicted octanol–water partition coefficient (Wildman–Crippen LogP) is 1.35. The Morgan fingerprint density at radius 2 is 2.20 bits per heavy atom. The lowest BCUT2D eigenvalue weighted by atomic mass is 10.0. The zero-order valence-corrected chi connectivity index (χ0v) is 9.47. The number of hydrogen-bond donors (Lipinski definition) is 2. The van der Waals surface area contributed by atoms with E-state index in [9.17, 15) is 9.18 Å². The van der Waals surface area contributed by atoms with Gasteiger partial charge in [0.2, 0.25) is 5.91 Å². The van der Waals surface area contributed by atoms with Crippen molar-refractivity contribution in [3.05, 3.63) is 34.1 Å². The van der Waals surface area contributed by atoms with Crippen LogP contribution in [0.2, 0.25) is 0 Å². The molecule has 2 N–H and O–H groups in total. The summed E-state index contributed by atoms with van der Waals surface area (Å²) in [5.74, 6) is -0.394. The first kappa shape index (κ1) is 10.6. The van der Waals surface area contributed by atoms with Crippen molar-refractivity contribution in [3.8, 4) is 0 Å². The second kappa shape index (κ2) is 4.28. The van der Waals surface area contributed by atoms with E-state index in [4.69, 9.17) is 0 Å². The fourth-order valence-electron chi connectivity index (χ4n) is 1.56. The molecule has 3 nitrogen and oxygen atoms in total. The lowest BCUT2D eigenvalue weighted by Crippen LogP contribution is -2.47. The monoisotopic (exact) mass is 272 g/mol. The van der Waals surface area contributed by atoms with Crippen LogP contribution in [-0.4, -0.2) is 19.0 Å². The third kappa shape index (κ3) is 2.18. The maximum atomic E-state index is 13.0. The van der Waals surface area contributed by atoms with Crippen LogP contribution < -0.4 is 10.6 Å². The highest BCUT2D eigenvalue weighted by Gasteiger charge is 2.23. The van der Waals surface area contributed by atoms with E-state index in [1.165, 1.54) is 6.07 Å². The lowest BCUT2D eigenvalue weighted by Gasteiger charge is -2.23. The summed E-state index contributed by atoms with van der Waals surface area (Å²) in [6, 6.07) is 4.21. The number of hydrogen-bond acceptors (Lipinski definition) is 2. The van der Waals surface area contributed by atoms with E-state index in [0.29, 0.717) is 11.0 Å². The number of halogens is 2. The second-order valence-electron chi connectivity index (χ2n) is 3.35. The van der Waals surface area contributed by atoms with Crippen LogP contribution >= 0.6 is 15.9 Å². The topological polar surface area (TPSA) is 41.1 Å². The highest BCUT2D eigenvalue weighted by atomic mass is 79.9. The summed E-state index contributed by atoms with van der Waals surface area (Å²) in [6.45, 7) is 1.36. The first-order valence-electron chi connectivity index (χ1n) is 4.64. The van der Waals surface area contributed by atoms with Gasteiger partial charge in [-0.25, -0.2) is 4.39 Å². The van der Waals surface area contributed by atoms with Crippen LogP contribution in [0.3, 0.4) is 0 Å². The van der Waals surface area contributed by atoms with Crippen molar-refractivity contribution in [1.29, 1.82) is 0 Å². The van der Waals surface area contributed by atoms with Crippen molar-refractivity contribution >= 4 is 21.8 Å². The standard InChI is InChI=1S/C10H10BrFN2O/c11-7-5-6(1-2-8(7)12)9-10(15)14-4-3-13-9/h1-2,5,9,13H,3-4H2,(H,14,15). The molecule has 1 heterocycles. The van der Waals surface area contributed by atoms with Crippen LogP contribution in [0.15, 0.2) is 22.7 Å². The average Bonchev–Trinajstić information content (AvgIpc) is 2.23. The fourth-order valence-corrected chi connectivity index (χ4v) is 1.95. The van der Waals surface area contributed by atoms with E-state index in [1.54, 1.807) is 12.1 Å². The van der Waals surface area contributed by atoms with Crippen LogP contribution in [0.25, 0.3) is 0 Å². The number of nitrogens with one attached hydrogen (secondary N) is 2. The molecule has 1 aromatic carbocycles. The number of piperazine rings is 1. The van der Waals surface area contributed by atoms with E-state index < -0.39 is 0 Å². The molecule has 1 atom stereocenters. The molecule has 1 fully saturated rings. The van der Waals surface area contributed by atoms with Crippen molar-refractivity contribution in [1.82, 2.24) is 10.6 Å². The molecule has 5 heteroatoms. The number of amides is 1. The molecule has 15 heavy (non-hydrogen) atoms. The number of benzene rings is 1. The summed E-state index contributed by atoms with van der Waals surface area (Å²) in [5, 5.41) is 5.83. The van der Waals surface area contributed by atoms with Crippen molar-refractivity contribution in [3.63, 3.8) is 0 Å². The molecule has 0 spiro atoms. The molecule has 1 amide bonds. The Hall–Kier alpha value is -0.940. The van der Waals surface area contributed by atoms with E-state index >= 15 is 0 Å². The van der Waals surface area contributed by atoms with Crippen LogP contribution in [0.1, 0.15) is 11.6 Å². The smallest absolute Gasteiger partial charge is 0.241 e. The molecule has 0 aromatic heterocycles. The van der Waals surface area contributed by atoms with Gasteiger partial charge in [0.15, 0.2) is 0 Å². The normalized spacial score (nSPS) is 21.2.